The molecule has 1 N–H and O–H groups in total. The standard InChI is InChI=1S/C9H12N6O/c1-2-9-11-13-14-15(9)12-8(1)10-5-7-3-4-16-6-7/h1-2,7H,3-6H2,(H,10,12). The number of anilines is 1. The van der Waals surface area contributed by atoms with E-state index in [4.69, 9.17) is 4.74 Å². The summed E-state index contributed by atoms with van der Waals surface area (Å²) >= 11 is 0. The number of hydrogen-bond donors (Lipinski definition) is 1. The summed E-state index contributed by atoms with van der Waals surface area (Å²) < 4.78 is 6.72. The molecule has 2 aromatic rings. The minimum Gasteiger partial charge on any atom is -0.381 e. The molecule has 1 aliphatic rings. The Labute approximate surface area is 91.8 Å². The highest BCUT2D eigenvalue weighted by atomic mass is 16.5. The Balaban J connectivity index is 1.68. The van der Waals surface area contributed by atoms with Crippen molar-refractivity contribution in [3.05, 3.63) is 12.1 Å². The second-order valence-electron chi connectivity index (χ2n) is 3.86. The first-order valence-electron chi connectivity index (χ1n) is 5.29. The quantitative estimate of drug-likeness (QED) is 0.782. The summed E-state index contributed by atoms with van der Waals surface area (Å²) in [5, 5.41) is 18.5. The third-order valence-corrected chi connectivity index (χ3v) is 2.67. The predicted molar refractivity (Wildman–Crippen MR) is 56.0 cm³/mol. The van der Waals surface area contributed by atoms with Crippen molar-refractivity contribution in [1.29, 1.82) is 0 Å². The molecule has 0 saturated carbocycles. The topological polar surface area (TPSA) is 77.2 Å². The van der Waals surface area contributed by atoms with Crippen LogP contribution in [0.5, 0.6) is 0 Å². The van der Waals surface area contributed by atoms with Crippen LogP contribution in [0, 0.1) is 5.92 Å². The van der Waals surface area contributed by atoms with Gasteiger partial charge in [0.1, 0.15) is 5.82 Å². The number of nitrogens with zero attached hydrogens (tertiary/aromatic N) is 5. The first-order valence-corrected chi connectivity index (χ1v) is 5.29. The molecule has 0 bridgehead atoms. The molecule has 0 amide bonds. The van der Waals surface area contributed by atoms with E-state index in [1.54, 1.807) is 0 Å². The molecule has 7 nitrogen and oxygen atoms in total. The number of hydrogen-bond acceptors (Lipinski definition) is 6. The molecule has 1 atom stereocenters. The second-order valence-corrected chi connectivity index (χ2v) is 3.86. The van der Waals surface area contributed by atoms with Crippen LogP contribution in [0.1, 0.15) is 6.42 Å². The van der Waals surface area contributed by atoms with Gasteiger partial charge in [-0.15, -0.1) is 14.8 Å². The average molecular weight is 220 g/mol. The molecule has 0 spiro atoms. The van der Waals surface area contributed by atoms with E-state index >= 15 is 0 Å². The summed E-state index contributed by atoms with van der Waals surface area (Å²) in [6.07, 6.45) is 1.11. The highest BCUT2D eigenvalue weighted by Gasteiger charge is 2.15. The van der Waals surface area contributed by atoms with Crippen molar-refractivity contribution in [2.24, 2.45) is 5.92 Å². The van der Waals surface area contributed by atoms with Gasteiger partial charge in [-0.2, -0.15) is 0 Å². The lowest BCUT2D eigenvalue weighted by molar-refractivity contribution is 0.187. The number of rotatable bonds is 3. The molecule has 1 aliphatic heterocycles. The van der Waals surface area contributed by atoms with Crippen molar-refractivity contribution in [2.75, 3.05) is 25.1 Å². The number of fused-ring (bicyclic) bond motifs is 1. The monoisotopic (exact) mass is 220 g/mol. The van der Waals surface area contributed by atoms with Crippen molar-refractivity contribution >= 4 is 11.5 Å². The van der Waals surface area contributed by atoms with Crippen LogP contribution in [0.2, 0.25) is 0 Å². The van der Waals surface area contributed by atoms with Crippen LogP contribution >= 0.6 is 0 Å². The molecule has 0 aliphatic carbocycles. The Bertz CT molecular complexity index is 478. The normalized spacial score (nSPS) is 20.4. The van der Waals surface area contributed by atoms with Crippen molar-refractivity contribution < 1.29 is 4.74 Å². The van der Waals surface area contributed by atoms with Gasteiger partial charge in [0, 0.05) is 19.1 Å². The fourth-order valence-corrected chi connectivity index (χ4v) is 1.74. The third-order valence-electron chi connectivity index (χ3n) is 2.67. The zero-order valence-corrected chi connectivity index (χ0v) is 8.70. The van der Waals surface area contributed by atoms with E-state index in [1.807, 2.05) is 12.1 Å². The third kappa shape index (κ3) is 1.81. The van der Waals surface area contributed by atoms with Crippen LogP contribution in [0.4, 0.5) is 5.82 Å². The maximum absolute atomic E-state index is 5.31. The molecule has 2 aromatic heterocycles. The van der Waals surface area contributed by atoms with Crippen LogP contribution in [-0.4, -0.2) is 45.0 Å². The van der Waals surface area contributed by atoms with Gasteiger partial charge in [0.15, 0.2) is 5.65 Å². The van der Waals surface area contributed by atoms with Gasteiger partial charge in [0.05, 0.1) is 6.61 Å². The maximum Gasteiger partial charge on any atom is 0.200 e. The smallest absolute Gasteiger partial charge is 0.200 e. The average Bonchev–Trinajstić information content (AvgIpc) is 2.97. The van der Waals surface area contributed by atoms with Gasteiger partial charge >= 0.3 is 0 Å². The second kappa shape index (κ2) is 4.01. The van der Waals surface area contributed by atoms with E-state index in [0.717, 1.165) is 32.0 Å². The summed E-state index contributed by atoms with van der Waals surface area (Å²) in [6, 6.07) is 3.71. The van der Waals surface area contributed by atoms with Crippen molar-refractivity contribution in [2.45, 2.75) is 6.42 Å². The Morgan fingerprint density at radius 1 is 1.50 bits per heavy atom. The number of ether oxygens (including phenoxy) is 1. The van der Waals surface area contributed by atoms with E-state index in [0.29, 0.717) is 11.6 Å². The van der Waals surface area contributed by atoms with Crippen LogP contribution in [-0.2, 0) is 4.74 Å². The van der Waals surface area contributed by atoms with Gasteiger partial charge < -0.3 is 10.1 Å². The lowest BCUT2D eigenvalue weighted by Gasteiger charge is -2.09. The van der Waals surface area contributed by atoms with Crippen LogP contribution in [0.15, 0.2) is 12.1 Å². The van der Waals surface area contributed by atoms with Crippen molar-refractivity contribution in [3.63, 3.8) is 0 Å². The number of aromatic nitrogens is 5. The zero-order chi connectivity index (χ0) is 10.8. The highest BCUT2D eigenvalue weighted by molar-refractivity contribution is 5.42. The van der Waals surface area contributed by atoms with Gasteiger partial charge in [-0.25, -0.2) is 0 Å². The molecular weight excluding hydrogens is 208 g/mol. The zero-order valence-electron chi connectivity index (χ0n) is 8.70. The molecule has 3 heterocycles. The Hall–Kier alpha value is -1.76. The molecule has 16 heavy (non-hydrogen) atoms. The van der Waals surface area contributed by atoms with Crippen LogP contribution in [0.3, 0.4) is 0 Å². The molecule has 1 saturated heterocycles. The molecular formula is C9H12N6O. The molecule has 1 fully saturated rings. The molecule has 3 rings (SSSR count). The van der Waals surface area contributed by atoms with E-state index < -0.39 is 0 Å². The van der Waals surface area contributed by atoms with Gasteiger partial charge in [-0.1, -0.05) is 0 Å². The largest absolute Gasteiger partial charge is 0.381 e. The number of tetrazole rings is 1. The summed E-state index contributed by atoms with van der Waals surface area (Å²) in [5.74, 6) is 1.36. The Kier molecular flexibility index (Phi) is 2.37. The lowest BCUT2D eigenvalue weighted by Crippen LogP contribution is -2.15. The minimum absolute atomic E-state index is 0.575. The highest BCUT2D eigenvalue weighted by Crippen LogP contribution is 2.13. The van der Waals surface area contributed by atoms with Gasteiger partial charge in [0.25, 0.3) is 0 Å². The first kappa shape index (κ1) is 9.46. The van der Waals surface area contributed by atoms with Crippen LogP contribution < -0.4 is 5.32 Å². The fraction of sp³-hybridized carbons (Fsp3) is 0.556. The molecule has 0 aromatic carbocycles. The lowest BCUT2D eigenvalue weighted by atomic mass is 10.1. The first-order chi connectivity index (χ1) is 7.92. The molecule has 84 valence electrons. The van der Waals surface area contributed by atoms with E-state index in [2.05, 4.69) is 25.9 Å². The SMILES string of the molecule is c1cc2nnnn2nc1NCC1CCOC1. The number of nitrogens with one attached hydrogen (secondary N) is 1. The van der Waals surface area contributed by atoms with Gasteiger partial charge in [-0.3, -0.25) is 0 Å². The van der Waals surface area contributed by atoms with E-state index in [9.17, 15) is 0 Å². The maximum atomic E-state index is 5.31. The predicted octanol–water partition coefficient (Wildman–Crippen LogP) is -0.0323. The Morgan fingerprint density at radius 3 is 3.38 bits per heavy atom. The fourth-order valence-electron chi connectivity index (χ4n) is 1.74. The Morgan fingerprint density at radius 2 is 2.50 bits per heavy atom. The van der Waals surface area contributed by atoms with Gasteiger partial charge in [0.2, 0.25) is 0 Å². The van der Waals surface area contributed by atoms with Crippen LogP contribution in [0.25, 0.3) is 5.65 Å². The molecule has 0 radical (unpaired) electrons. The molecule has 1 unspecified atom stereocenters. The van der Waals surface area contributed by atoms with Crippen molar-refractivity contribution in [1.82, 2.24) is 25.3 Å². The van der Waals surface area contributed by atoms with E-state index in [1.165, 1.54) is 4.63 Å². The summed E-state index contributed by atoms with van der Waals surface area (Å²) in [6.45, 7) is 2.58. The summed E-state index contributed by atoms with van der Waals surface area (Å²) in [7, 11) is 0. The van der Waals surface area contributed by atoms with E-state index in [-0.39, 0.29) is 0 Å². The minimum atomic E-state index is 0.575. The van der Waals surface area contributed by atoms with Gasteiger partial charge in [-0.05, 0) is 29.0 Å². The molecule has 7 heteroatoms. The van der Waals surface area contributed by atoms with Crippen molar-refractivity contribution in [3.8, 4) is 0 Å². The summed E-state index contributed by atoms with van der Waals surface area (Å²) in [5.41, 5.74) is 0.648. The summed E-state index contributed by atoms with van der Waals surface area (Å²) in [4.78, 5) is 0.